The van der Waals surface area contributed by atoms with Gasteiger partial charge < -0.3 is 9.80 Å². The molecule has 1 aromatic carbocycles. The highest BCUT2D eigenvalue weighted by Crippen LogP contribution is 2.24. The van der Waals surface area contributed by atoms with Crippen LogP contribution in [0.4, 0.5) is 10.1 Å². The van der Waals surface area contributed by atoms with E-state index >= 15 is 0 Å². The number of nitrogens with zero attached hydrogens (tertiary/aromatic N) is 2. The maximum Gasteiger partial charge on any atom is 0.254 e. The summed E-state index contributed by atoms with van der Waals surface area (Å²) in [6.45, 7) is 3.52. The minimum atomic E-state index is -0.307. The Morgan fingerprint density at radius 2 is 1.48 bits per heavy atom. The first-order chi connectivity index (χ1) is 10.2. The van der Waals surface area contributed by atoms with E-state index in [2.05, 4.69) is 4.90 Å². The summed E-state index contributed by atoms with van der Waals surface area (Å²) in [5, 5.41) is 0. The van der Waals surface area contributed by atoms with Crippen LogP contribution in [0.3, 0.4) is 0 Å². The zero-order valence-electron chi connectivity index (χ0n) is 12.5. The third kappa shape index (κ3) is 3.36. The molecule has 1 amide bonds. The summed E-state index contributed by atoms with van der Waals surface area (Å²) in [5.74, 6) is -0.328. The van der Waals surface area contributed by atoms with Crippen LogP contribution >= 0.6 is 0 Å². The highest BCUT2D eigenvalue weighted by atomic mass is 19.1. The van der Waals surface area contributed by atoms with Gasteiger partial charge in [0, 0.05) is 37.4 Å². The van der Waals surface area contributed by atoms with Crippen LogP contribution in [0.1, 0.15) is 48.9 Å². The van der Waals surface area contributed by atoms with Gasteiger partial charge in [-0.25, -0.2) is 4.39 Å². The molecule has 0 saturated carbocycles. The quantitative estimate of drug-likeness (QED) is 0.833. The van der Waals surface area contributed by atoms with Crippen molar-refractivity contribution >= 4 is 11.6 Å². The highest BCUT2D eigenvalue weighted by Gasteiger charge is 2.20. The molecule has 0 spiro atoms. The topological polar surface area (TPSA) is 23.6 Å². The van der Waals surface area contributed by atoms with E-state index in [-0.39, 0.29) is 11.7 Å². The van der Waals surface area contributed by atoms with Crippen LogP contribution in [0.2, 0.25) is 0 Å². The van der Waals surface area contributed by atoms with Crippen LogP contribution in [0.15, 0.2) is 18.2 Å². The molecule has 2 fully saturated rings. The van der Waals surface area contributed by atoms with Crippen molar-refractivity contribution in [3.63, 3.8) is 0 Å². The molecule has 0 aliphatic carbocycles. The molecule has 3 nitrogen and oxygen atoms in total. The number of rotatable bonds is 2. The number of carbonyl (C=O) groups is 1. The summed E-state index contributed by atoms with van der Waals surface area (Å²) < 4.78 is 13.9. The van der Waals surface area contributed by atoms with Gasteiger partial charge in [0.15, 0.2) is 0 Å². The molecule has 2 saturated heterocycles. The Kier molecular flexibility index (Phi) is 4.42. The molecule has 0 N–H and O–H groups in total. The third-order valence-corrected chi connectivity index (χ3v) is 4.49. The summed E-state index contributed by atoms with van der Waals surface area (Å²) >= 11 is 0. The predicted octanol–water partition coefficient (Wildman–Crippen LogP) is 3.44. The minimum absolute atomic E-state index is 0.0209. The van der Waals surface area contributed by atoms with Crippen molar-refractivity contribution < 1.29 is 9.18 Å². The lowest BCUT2D eigenvalue weighted by Gasteiger charge is -2.30. The summed E-state index contributed by atoms with van der Waals surface area (Å²) in [6, 6.07) is 4.80. The molecule has 114 valence electrons. The van der Waals surface area contributed by atoms with E-state index < -0.39 is 0 Å². The Labute approximate surface area is 125 Å². The Morgan fingerprint density at radius 1 is 0.857 bits per heavy atom. The molecule has 0 bridgehead atoms. The molecule has 2 heterocycles. The molecule has 2 aliphatic rings. The molecular weight excluding hydrogens is 267 g/mol. The molecule has 1 aromatic rings. The van der Waals surface area contributed by atoms with Gasteiger partial charge in [0.05, 0.1) is 0 Å². The number of amides is 1. The smallest absolute Gasteiger partial charge is 0.254 e. The van der Waals surface area contributed by atoms with Crippen molar-refractivity contribution in [2.24, 2.45) is 0 Å². The standard InChI is InChI=1S/C17H23FN2O/c18-15-11-14(17(21)20-9-5-2-6-10-20)12-16(13-15)19-7-3-1-4-8-19/h11-13H,1-10H2. The molecule has 4 heteroatoms. The van der Waals surface area contributed by atoms with Crippen molar-refractivity contribution in [1.82, 2.24) is 4.90 Å². The number of likely N-dealkylation sites (tertiary alicyclic amines) is 1. The van der Waals surface area contributed by atoms with E-state index in [1.807, 2.05) is 11.0 Å². The number of hydrogen-bond donors (Lipinski definition) is 0. The number of piperidine rings is 2. The molecule has 21 heavy (non-hydrogen) atoms. The summed E-state index contributed by atoms with van der Waals surface area (Å²) in [6.07, 6.45) is 6.83. The van der Waals surface area contributed by atoms with E-state index in [0.717, 1.165) is 57.5 Å². The van der Waals surface area contributed by atoms with Crippen LogP contribution in [0.25, 0.3) is 0 Å². The van der Waals surface area contributed by atoms with Gasteiger partial charge in [-0.05, 0) is 56.7 Å². The van der Waals surface area contributed by atoms with Crippen LogP contribution in [-0.4, -0.2) is 37.0 Å². The monoisotopic (exact) mass is 290 g/mol. The van der Waals surface area contributed by atoms with Gasteiger partial charge in [0.1, 0.15) is 5.82 Å². The second kappa shape index (κ2) is 6.46. The second-order valence-corrected chi connectivity index (χ2v) is 6.10. The van der Waals surface area contributed by atoms with Crippen molar-refractivity contribution in [2.45, 2.75) is 38.5 Å². The van der Waals surface area contributed by atoms with E-state index in [4.69, 9.17) is 0 Å². The fraction of sp³-hybridized carbons (Fsp3) is 0.588. The number of anilines is 1. The lowest BCUT2D eigenvalue weighted by atomic mass is 10.1. The van der Waals surface area contributed by atoms with Gasteiger partial charge in [-0.3, -0.25) is 4.79 Å². The Morgan fingerprint density at radius 3 is 2.14 bits per heavy atom. The first kappa shape index (κ1) is 14.4. The number of benzene rings is 1. The maximum absolute atomic E-state index is 13.9. The molecule has 0 unspecified atom stereocenters. The third-order valence-electron chi connectivity index (χ3n) is 4.49. The van der Waals surface area contributed by atoms with Crippen LogP contribution in [0.5, 0.6) is 0 Å². The molecule has 3 rings (SSSR count). The Hall–Kier alpha value is -1.58. The Bertz CT molecular complexity index is 506. The second-order valence-electron chi connectivity index (χ2n) is 6.10. The SMILES string of the molecule is O=C(c1cc(F)cc(N2CCCCC2)c1)N1CCCCC1. The fourth-order valence-electron chi connectivity index (χ4n) is 3.31. The van der Waals surface area contributed by atoms with Crippen LogP contribution < -0.4 is 4.90 Å². The average molecular weight is 290 g/mol. The van der Waals surface area contributed by atoms with E-state index in [0.29, 0.717) is 5.56 Å². The van der Waals surface area contributed by atoms with Crippen LogP contribution in [0, 0.1) is 5.82 Å². The van der Waals surface area contributed by atoms with Gasteiger partial charge in [-0.1, -0.05) is 0 Å². The average Bonchev–Trinajstić information content (AvgIpc) is 2.55. The lowest BCUT2D eigenvalue weighted by molar-refractivity contribution is 0.0724. The molecule has 2 aliphatic heterocycles. The summed E-state index contributed by atoms with van der Waals surface area (Å²) in [5.41, 5.74) is 1.35. The number of hydrogen-bond acceptors (Lipinski definition) is 2. The molecule has 0 atom stereocenters. The fourth-order valence-corrected chi connectivity index (χ4v) is 3.31. The van der Waals surface area contributed by atoms with E-state index in [1.54, 1.807) is 6.07 Å². The summed E-state index contributed by atoms with van der Waals surface area (Å²) in [7, 11) is 0. The largest absolute Gasteiger partial charge is 0.371 e. The van der Waals surface area contributed by atoms with Crippen molar-refractivity contribution in [3.8, 4) is 0 Å². The van der Waals surface area contributed by atoms with E-state index in [9.17, 15) is 9.18 Å². The number of carbonyl (C=O) groups excluding carboxylic acids is 1. The first-order valence-electron chi connectivity index (χ1n) is 8.09. The normalized spacial score (nSPS) is 19.7. The lowest BCUT2D eigenvalue weighted by Crippen LogP contribution is -2.36. The molecule has 0 aromatic heterocycles. The molecular formula is C17H23FN2O. The van der Waals surface area contributed by atoms with Crippen molar-refractivity contribution in [1.29, 1.82) is 0 Å². The minimum Gasteiger partial charge on any atom is -0.371 e. The van der Waals surface area contributed by atoms with Crippen LogP contribution in [-0.2, 0) is 0 Å². The highest BCUT2D eigenvalue weighted by molar-refractivity contribution is 5.95. The zero-order chi connectivity index (χ0) is 14.7. The van der Waals surface area contributed by atoms with E-state index in [1.165, 1.54) is 18.9 Å². The van der Waals surface area contributed by atoms with Crippen molar-refractivity contribution in [2.75, 3.05) is 31.1 Å². The Balaban J connectivity index is 1.81. The van der Waals surface area contributed by atoms with Gasteiger partial charge in [0.2, 0.25) is 0 Å². The maximum atomic E-state index is 13.9. The van der Waals surface area contributed by atoms with Crippen molar-refractivity contribution in [3.05, 3.63) is 29.6 Å². The van der Waals surface area contributed by atoms with Gasteiger partial charge in [-0.15, -0.1) is 0 Å². The van der Waals surface area contributed by atoms with Gasteiger partial charge >= 0.3 is 0 Å². The van der Waals surface area contributed by atoms with Gasteiger partial charge in [-0.2, -0.15) is 0 Å². The first-order valence-corrected chi connectivity index (χ1v) is 8.09. The molecule has 0 radical (unpaired) electrons. The zero-order valence-corrected chi connectivity index (χ0v) is 12.5. The number of halogens is 1. The predicted molar refractivity (Wildman–Crippen MR) is 82.2 cm³/mol. The van der Waals surface area contributed by atoms with Gasteiger partial charge in [0.25, 0.3) is 5.91 Å². The summed E-state index contributed by atoms with van der Waals surface area (Å²) in [4.78, 5) is 16.6.